The molecule has 134 valence electrons. The van der Waals surface area contributed by atoms with E-state index in [1.54, 1.807) is 12.1 Å². The summed E-state index contributed by atoms with van der Waals surface area (Å²) in [6.45, 7) is 4.86. The van der Waals surface area contributed by atoms with Crippen LogP contribution in [0, 0.1) is 11.7 Å². The molecule has 1 saturated heterocycles. The number of carbonyl (C=O) groups excluding carboxylic acids is 1. The predicted molar refractivity (Wildman–Crippen MR) is 93.7 cm³/mol. The summed E-state index contributed by atoms with van der Waals surface area (Å²) in [7, 11) is 0. The van der Waals surface area contributed by atoms with Gasteiger partial charge < -0.3 is 9.42 Å². The number of aromatic nitrogens is 1. The monoisotopic (exact) mass is 344 g/mol. The zero-order valence-electron chi connectivity index (χ0n) is 14.9. The summed E-state index contributed by atoms with van der Waals surface area (Å²) >= 11 is 0. The lowest BCUT2D eigenvalue weighted by atomic mass is 10.0. The Balaban J connectivity index is 1.85. The van der Waals surface area contributed by atoms with Crippen molar-refractivity contribution in [2.24, 2.45) is 5.92 Å². The lowest BCUT2D eigenvalue weighted by Gasteiger charge is -2.29. The average Bonchev–Trinajstić information content (AvgIpc) is 2.89. The van der Waals surface area contributed by atoms with Gasteiger partial charge in [0.2, 0.25) is 5.76 Å². The molecule has 4 nitrogen and oxygen atoms in total. The van der Waals surface area contributed by atoms with Crippen molar-refractivity contribution in [1.29, 1.82) is 0 Å². The number of nitrogens with zero attached hydrogens (tertiary/aromatic N) is 2. The van der Waals surface area contributed by atoms with Crippen molar-refractivity contribution in [1.82, 2.24) is 10.1 Å². The number of amides is 1. The van der Waals surface area contributed by atoms with Crippen molar-refractivity contribution in [3.05, 3.63) is 53.2 Å². The summed E-state index contributed by atoms with van der Waals surface area (Å²) < 4.78 is 19.0. The largest absolute Gasteiger partial charge is 0.351 e. The van der Waals surface area contributed by atoms with E-state index in [-0.39, 0.29) is 23.5 Å². The van der Waals surface area contributed by atoms with E-state index in [0.717, 1.165) is 43.4 Å². The van der Waals surface area contributed by atoms with Crippen LogP contribution in [-0.2, 0) is 6.42 Å². The van der Waals surface area contributed by atoms with E-state index >= 15 is 0 Å². The fraction of sp³-hybridized carbons (Fsp3) is 0.500. The van der Waals surface area contributed by atoms with E-state index in [1.807, 2.05) is 11.0 Å². The Kier molecular flexibility index (Phi) is 5.51. The first-order valence-electron chi connectivity index (χ1n) is 9.06. The normalized spacial score (nSPS) is 18.4. The molecule has 1 atom stereocenters. The minimum absolute atomic E-state index is 0.121. The highest BCUT2D eigenvalue weighted by atomic mass is 19.1. The molecule has 2 aromatic rings. The fourth-order valence-corrected chi connectivity index (χ4v) is 3.48. The van der Waals surface area contributed by atoms with Crippen LogP contribution in [0.5, 0.6) is 0 Å². The maximum Gasteiger partial charge on any atom is 0.292 e. The molecule has 0 unspecified atom stereocenters. The molecule has 1 aliphatic rings. The molecule has 0 spiro atoms. The second-order valence-corrected chi connectivity index (χ2v) is 7.20. The van der Waals surface area contributed by atoms with Crippen LogP contribution in [0.2, 0.25) is 0 Å². The van der Waals surface area contributed by atoms with Gasteiger partial charge in [-0.2, -0.15) is 0 Å². The van der Waals surface area contributed by atoms with Crippen LogP contribution in [0.3, 0.4) is 0 Å². The van der Waals surface area contributed by atoms with Gasteiger partial charge in [-0.3, -0.25) is 4.79 Å². The van der Waals surface area contributed by atoms with Gasteiger partial charge in [0.1, 0.15) is 5.82 Å². The molecule has 0 saturated carbocycles. The number of likely N-dealkylation sites (tertiary alicyclic amines) is 1. The summed E-state index contributed by atoms with van der Waals surface area (Å²) in [4.78, 5) is 14.8. The SMILES string of the molecule is CC(C)Cc1cc(C(=O)N2CCCCC[C@@H]2c2cccc(F)c2)on1. The van der Waals surface area contributed by atoms with Crippen molar-refractivity contribution in [2.75, 3.05) is 6.54 Å². The Labute approximate surface area is 148 Å². The smallest absolute Gasteiger partial charge is 0.292 e. The molecule has 1 aromatic carbocycles. The Morgan fingerprint density at radius 3 is 2.92 bits per heavy atom. The predicted octanol–water partition coefficient (Wildman–Crippen LogP) is 4.77. The van der Waals surface area contributed by atoms with Gasteiger partial charge in [0, 0.05) is 12.6 Å². The van der Waals surface area contributed by atoms with Gasteiger partial charge in [0.25, 0.3) is 5.91 Å². The molecule has 25 heavy (non-hydrogen) atoms. The van der Waals surface area contributed by atoms with E-state index in [4.69, 9.17) is 4.52 Å². The molecule has 0 radical (unpaired) electrons. The van der Waals surface area contributed by atoms with E-state index in [0.29, 0.717) is 12.5 Å². The molecule has 1 aliphatic heterocycles. The van der Waals surface area contributed by atoms with E-state index < -0.39 is 0 Å². The summed E-state index contributed by atoms with van der Waals surface area (Å²) in [5.41, 5.74) is 1.65. The molecule has 1 fully saturated rings. The average molecular weight is 344 g/mol. The zero-order valence-corrected chi connectivity index (χ0v) is 14.9. The van der Waals surface area contributed by atoms with Gasteiger partial charge in [-0.15, -0.1) is 0 Å². The molecule has 0 N–H and O–H groups in total. The van der Waals surface area contributed by atoms with Crippen LogP contribution < -0.4 is 0 Å². The molecular formula is C20H25FN2O2. The van der Waals surface area contributed by atoms with Gasteiger partial charge in [0.05, 0.1) is 11.7 Å². The lowest BCUT2D eigenvalue weighted by Crippen LogP contribution is -2.34. The topological polar surface area (TPSA) is 46.3 Å². The van der Waals surface area contributed by atoms with Crippen LogP contribution in [0.1, 0.15) is 67.4 Å². The first-order valence-corrected chi connectivity index (χ1v) is 9.06. The number of benzene rings is 1. The van der Waals surface area contributed by atoms with Gasteiger partial charge in [-0.05, 0) is 42.9 Å². The van der Waals surface area contributed by atoms with E-state index in [2.05, 4.69) is 19.0 Å². The summed E-state index contributed by atoms with van der Waals surface area (Å²) in [5.74, 6) is 0.303. The highest BCUT2D eigenvalue weighted by Gasteiger charge is 2.30. The maximum absolute atomic E-state index is 13.7. The van der Waals surface area contributed by atoms with Crippen LogP contribution in [0.25, 0.3) is 0 Å². The molecular weight excluding hydrogens is 319 g/mol. The lowest BCUT2D eigenvalue weighted by molar-refractivity contribution is 0.0638. The number of hydrogen-bond donors (Lipinski definition) is 0. The van der Waals surface area contributed by atoms with Crippen molar-refractivity contribution < 1.29 is 13.7 Å². The summed E-state index contributed by atoms with van der Waals surface area (Å²) in [5, 5.41) is 4.03. The molecule has 5 heteroatoms. The van der Waals surface area contributed by atoms with Crippen LogP contribution in [-0.4, -0.2) is 22.5 Å². The second kappa shape index (κ2) is 7.81. The minimum Gasteiger partial charge on any atom is -0.351 e. The van der Waals surface area contributed by atoms with Crippen molar-refractivity contribution >= 4 is 5.91 Å². The van der Waals surface area contributed by atoms with E-state index in [1.165, 1.54) is 12.1 Å². The van der Waals surface area contributed by atoms with Crippen molar-refractivity contribution in [3.8, 4) is 0 Å². The van der Waals surface area contributed by atoms with Crippen LogP contribution in [0.4, 0.5) is 4.39 Å². The highest BCUT2D eigenvalue weighted by molar-refractivity contribution is 5.91. The van der Waals surface area contributed by atoms with Crippen molar-refractivity contribution in [3.63, 3.8) is 0 Å². The number of rotatable bonds is 4. The summed E-state index contributed by atoms with van der Waals surface area (Å²) in [6, 6.07) is 8.18. The third-order valence-corrected chi connectivity index (χ3v) is 4.63. The van der Waals surface area contributed by atoms with Crippen LogP contribution in [0.15, 0.2) is 34.9 Å². The standard InChI is InChI=1S/C20H25FN2O2/c1-14(2)11-17-13-19(25-22-17)20(24)23-10-5-3-4-9-18(23)15-7-6-8-16(21)12-15/h6-8,12-14,18H,3-5,9-11H2,1-2H3/t18-/m1/s1. The number of hydrogen-bond acceptors (Lipinski definition) is 3. The van der Waals surface area contributed by atoms with Gasteiger partial charge in [-0.1, -0.05) is 44.0 Å². The Hall–Kier alpha value is -2.17. The Morgan fingerprint density at radius 1 is 1.32 bits per heavy atom. The second-order valence-electron chi connectivity index (χ2n) is 7.20. The molecule has 0 bridgehead atoms. The third-order valence-electron chi connectivity index (χ3n) is 4.63. The summed E-state index contributed by atoms with van der Waals surface area (Å²) in [6.07, 6.45) is 4.67. The fourth-order valence-electron chi connectivity index (χ4n) is 3.48. The molecule has 1 aromatic heterocycles. The Morgan fingerprint density at radius 2 is 2.16 bits per heavy atom. The third kappa shape index (κ3) is 4.27. The minimum atomic E-state index is -0.270. The first-order chi connectivity index (χ1) is 12.0. The molecule has 2 heterocycles. The molecule has 0 aliphatic carbocycles. The first kappa shape index (κ1) is 17.6. The van der Waals surface area contributed by atoms with E-state index in [9.17, 15) is 9.18 Å². The molecule has 3 rings (SSSR count). The van der Waals surface area contributed by atoms with Crippen LogP contribution >= 0.6 is 0 Å². The number of carbonyl (C=O) groups is 1. The van der Waals surface area contributed by atoms with Gasteiger partial charge in [0.15, 0.2) is 0 Å². The van der Waals surface area contributed by atoms with Crippen molar-refractivity contribution in [2.45, 2.75) is 52.0 Å². The Bertz CT molecular complexity index is 726. The van der Waals surface area contributed by atoms with Gasteiger partial charge in [-0.25, -0.2) is 4.39 Å². The zero-order chi connectivity index (χ0) is 17.8. The van der Waals surface area contributed by atoms with Gasteiger partial charge >= 0.3 is 0 Å². The highest BCUT2D eigenvalue weighted by Crippen LogP contribution is 2.31. The maximum atomic E-state index is 13.7. The quantitative estimate of drug-likeness (QED) is 0.802. The molecule has 1 amide bonds. The number of halogens is 1.